The Morgan fingerprint density at radius 1 is 1.12 bits per heavy atom. The number of methoxy groups -OCH3 is 1. The Labute approximate surface area is 202 Å². The minimum atomic E-state index is -0.616. The predicted molar refractivity (Wildman–Crippen MR) is 134 cm³/mol. The molecule has 0 aliphatic heterocycles. The smallest absolute Gasteiger partial charge is 0.227 e. The summed E-state index contributed by atoms with van der Waals surface area (Å²) < 4.78 is 19.0. The van der Waals surface area contributed by atoms with Crippen molar-refractivity contribution in [2.24, 2.45) is 0 Å². The number of rotatable bonds is 13. The summed E-state index contributed by atoms with van der Waals surface area (Å²) in [5.41, 5.74) is 2.73. The molecule has 1 atom stereocenters. The third-order valence-electron chi connectivity index (χ3n) is 5.48. The van der Waals surface area contributed by atoms with Crippen LogP contribution in [0.25, 0.3) is 5.69 Å². The minimum absolute atomic E-state index is 0.193. The molecule has 0 bridgehead atoms. The molecule has 7 heteroatoms. The first-order valence-corrected chi connectivity index (χ1v) is 11.5. The Hall–Kier alpha value is -3.13. The van der Waals surface area contributed by atoms with E-state index < -0.39 is 6.10 Å². The molecule has 1 N–H and O–H groups in total. The molecule has 7 nitrogen and oxygen atoms in total. The van der Waals surface area contributed by atoms with E-state index in [9.17, 15) is 5.11 Å². The summed E-state index contributed by atoms with van der Waals surface area (Å²) in [6.07, 6.45) is 1.06. The van der Waals surface area contributed by atoms with Crippen molar-refractivity contribution in [3.63, 3.8) is 0 Å². The first-order valence-electron chi connectivity index (χ1n) is 11.5. The fraction of sp³-hybridized carbons (Fsp3) is 0.370. The van der Waals surface area contributed by atoms with Crippen LogP contribution in [0.2, 0.25) is 0 Å². The second-order valence-electron chi connectivity index (χ2n) is 8.40. The number of para-hydroxylation sites is 1. The van der Waals surface area contributed by atoms with Crippen LogP contribution in [0.15, 0.2) is 67.3 Å². The van der Waals surface area contributed by atoms with Crippen LogP contribution < -0.4 is 9.47 Å². The van der Waals surface area contributed by atoms with Crippen molar-refractivity contribution < 1.29 is 19.3 Å². The quantitative estimate of drug-likeness (QED) is 0.290. The van der Waals surface area contributed by atoms with Crippen molar-refractivity contribution in [2.45, 2.75) is 39.5 Å². The number of nitrogens with zero attached hydrogens (tertiary/aromatic N) is 3. The first kappa shape index (κ1) is 25.5. The normalized spacial score (nSPS) is 12.2. The van der Waals surface area contributed by atoms with Gasteiger partial charge in [-0.2, -0.15) is 5.10 Å². The number of hydrogen-bond donors (Lipinski definition) is 1. The summed E-state index contributed by atoms with van der Waals surface area (Å²) in [6.45, 7) is 11.5. The van der Waals surface area contributed by atoms with Gasteiger partial charge in [0.2, 0.25) is 5.88 Å². The van der Waals surface area contributed by atoms with Gasteiger partial charge in [0.1, 0.15) is 11.5 Å². The van der Waals surface area contributed by atoms with Gasteiger partial charge in [-0.1, -0.05) is 30.3 Å². The molecule has 0 amide bonds. The van der Waals surface area contributed by atoms with Gasteiger partial charge < -0.3 is 19.3 Å². The van der Waals surface area contributed by atoms with Crippen LogP contribution in [-0.4, -0.2) is 58.8 Å². The topological polar surface area (TPSA) is 69.0 Å². The summed E-state index contributed by atoms with van der Waals surface area (Å²) in [7, 11) is 1.63. The third-order valence-corrected chi connectivity index (χ3v) is 5.48. The van der Waals surface area contributed by atoms with Gasteiger partial charge in [-0.15, -0.1) is 6.58 Å². The highest BCUT2D eigenvalue weighted by atomic mass is 16.5. The highest BCUT2D eigenvalue weighted by molar-refractivity contribution is 5.44. The molecule has 0 fully saturated rings. The van der Waals surface area contributed by atoms with Crippen LogP contribution in [0.5, 0.6) is 17.4 Å². The maximum Gasteiger partial charge on any atom is 0.227 e. The zero-order chi connectivity index (χ0) is 24.5. The van der Waals surface area contributed by atoms with Crippen molar-refractivity contribution in [3.05, 3.63) is 78.5 Å². The van der Waals surface area contributed by atoms with Crippen molar-refractivity contribution in [2.75, 3.05) is 26.9 Å². The Morgan fingerprint density at radius 3 is 2.53 bits per heavy atom. The van der Waals surface area contributed by atoms with Gasteiger partial charge in [-0.05, 0) is 45.0 Å². The van der Waals surface area contributed by atoms with E-state index in [2.05, 4.69) is 25.3 Å². The second-order valence-corrected chi connectivity index (χ2v) is 8.40. The Kier molecular flexibility index (Phi) is 9.27. The highest BCUT2D eigenvalue weighted by Crippen LogP contribution is 2.33. The van der Waals surface area contributed by atoms with Crippen LogP contribution in [0.1, 0.15) is 25.1 Å². The summed E-state index contributed by atoms with van der Waals surface area (Å²) >= 11 is 0. The molecule has 182 valence electrons. The molecular formula is C27H35N3O4. The van der Waals surface area contributed by atoms with Gasteiger partial charge >= 0.3 is 0 Å². The maximum atomic E-state index is 10.5. The van der Waals surface area contributed by atoms with Gasteiger partial charge in [0.05, 0.1) is 43.4 Å². The molecule has 3 aromatic rings. The second kappa shape index (κ2) is 12.4. The lowest BCUT2D eigenvalue weighted by Gasteiger charge is -2.29. The SMILES string of the molecule is C=CCOCC(O)CN(Cc1c(C)nn(-c2ccccc2)c1Oc1cccc(OC)c1)C(C)C. The third kappa shape index (κ3) is 6.70. The maximum absolute atomic E-state index is 10.5. The van der Waals surface area contributed by atoms with E-state index in [4.69, 9.17) is 19.3 Å². The fourth-order valence-electron chi connectivity index (χ4n) is 3.62. The number of aromatic nitrogens is 2. The standard InChI is InChI=1S/C27H35N3O4/c1-6-15-33-19-23(31)17-29(20(2)3)18-26-21(4)28-30(22-11-8-7-9-12-22)27(26)34-25-14-10-13-24(16-25)32-5/h6-14,16,20,23,31H,1,15,17-19H2,2-5H3. The Morgan fingerprint density at radius 2 is 1.85 bits per heavy atom. The van der Waals surface area contributed by atoms with Gasteiger partial charge in [0.25, 0.3) is 0 Å². The zero-order valence-electron chi connectivity index (χ0n) is 20.5. The van der Waals surface area contributed by atoms with E-state index in [-0.39, 0.29) is 12.6 Å². The summed E-state index contributed by atoms with van der Waals surface area (Å²) in [5, 5.41) is 15.3. The number of hydrogen-bond acceptors (Lipinski definition) is 6. The van der Waals surface area contributed by atoms with E-state index in [0.717, 1.165) is 16.9 Å². The van der Waals surface area contributed by atoms with Gasteiger partial charge in [0, 0.05) is 25.2 Å². The number of aryl methyl sites for hydroxylation is 1. The number of aliphatic hydroxyl groups is 1. The first-order chi connectivity index (χ1) is 16.4. The lowest BCUT2D eigenvalue weighted by atomic mass is 10.2. The summed E-state index contributed by atoms with van der Waals surface area (Å²) in [4.78, 5) is 2.19. The molecule has 0 saturated carbocycles. The van der Waals surface area contributed by atoms with E-state index in [0.29, 0.717) is 37.1 Å². The summed E-state index contributed by atoms with van der Waals surface area (Å²) in [6, 6.07) is 17.6. The van der Waals surface area contributed by atoms with Crippen molar-refractivity contribution in [1.82, 2.24) is 14.7 Å². The van der Waals surface area contributed by atoms with E-state index in [1.807, 2.05) is 66.2 Å². The Bertz CT molecular complexity index is 1050. The van der Waals surface area contributed by atoms with Crippen LogP contribution in [-0.2, 0) is 11.3 Å². The lowest BCUT2D eigenvalue weighted by Crippen LogP contribution is -2.39. The zero-order valence-corrected chi connectivity index (χ0v) is 20.5. The molecule has 0 saturated heterocycles. The fourth-order valence-corrected chi connectivity index (χ4v) is 3.62. The molecule has 1 unspecified atom stereocenters. The monoisotopic (exact) mass is 465 g/mol. The molecule has 0 aliphatic rings. The number of benzene rings is 2. The molecule has 0 spiro atoms. The average Bonchev–Trinajstić information content (AvgIpc) is 3.14. The molecule has 3 rings (SSSR count). The lowest BCUT2D eigenvalue weighted by molar-refractivity contribution is 0.0177. The summed E-state index contributed by atoms with van der Waals surface area (Å²) in [5.74, 6) is 2.01. The molecular weight excluding hydrogens is 430 g/mol. The molecule has 0 aliphatic carbocycles. The van der Waals surface area contributed by atoms with Crippen LogP contribution in [0.4, 0.5) is 0 Å². The highest BCUT2D eigenvalue weighted by Gasteiger charge is 2.24. The van der Waals surface area contributed by atoms with Crippen molar-refractivity contribution >= 4 is 0 Å². The molecule has 1 heterocycles. The van der Waals surface area contributed by atoms with Gasteiger partial charge in [0.15, 0.2) is 0 Å². The van der Waals surface area contributed by atoms with Gasteiger partial charge in [-0.25, -0.2) is 4.68 Å². The number of ether oxygens (including phenoxy) is 3. The van der Waals surface area contributed by atoms with Gasteiger partial charge in [-0.3, -0.25) is 4.90 Å². The van der Waals surface area contributed by atoms with Crippen molar-refractivity contribution in [1.29, 1.82) is 0 Å². The molecule has 0 radical (unpaired) electrons. The molecule has 2 aromatic carbocycles. The van der Waals surface area contributed by atoms with E-state index in [1.165, 1.54) is 0 Å². The van der Waals surface area contributed by atoms with E-state index >= 15 is 0 Å². The van der Waals surface area contributed by atoms with Crippen molar-refractivity contribution in [3.8, 4) is 23.1 Å². The average molecular weight is 466 g/mol. The van der Waals surface area contributed by atoms with Crippen LogP contribution in [0.3, 0.4) is 0 Å². The predicted octanol–water partition coefficient (Wildman–Crippen LogP) is 4.76. The largest absolute Gasteiger partial charge is 0.497 e. The molecule has 34 heavy (non-hydrogen) atoms. The van der Waals surface area contributed by atoms with Crippen LogP contribution in [0, 0.1) is 6.92 Å². The Balaban J connectivity index is 1.94. The minimum Gasteiger partial charge on any atom is -0.497 e. The molecule has 1 aromatic heterocycles. The van der Waals surface area contributed by atoms with Crippen LogP contribution >= 0.6 is 0 Å². The number of aliphatic hydroxyl groups excluding tert-OH is 1. The van der Waals surface area contributed by atoms with E-state index in [1.54, 1.807) is 13.2 Å².